The van der Waals surface area contributed by atoms with Crippen molar-refractivity contribution in [2.24, 2.45) is 5.11 Å². The molecule has 5 rings (SSSR count). The molecule has 1 aliphatic carbocycles. The van der Waals surface area contributed by atoms with Crippen molar-refractivity contribution in [1.29, 1.82) is 0 Å². The van der Waals surface area contributed by atoms with Gasteiger partial charge in [0.2, 0.25) is 0 Å². The number of piperazine rings is 1. The second-order valence-corrected chi connectivity index (χ2v) is 8.94. The molecule has 0 atom stereocenters. The Bertz CT molecular complexity index is 1250. The summed E-state index contributed by atoms with van der Waals surface area (Å²) in [6.45, 7) is 6.71. The Hall–Kier alpha value is -3.84. The second kappa shape index (κ2) is 10.2. The first-order chi connectivity index (χ1) is 17.1. The van der Waals surface area contributed by atoms with Gasteiger partial charge in [-0.25, -0.2) is 4.79 Å². The van der Waals surface area contributed by atoms with Gasteiger partial charge in [0.25, 0.3) is 0 Å². The number of anilines is 1. The number of carbonyl (C=O) groups is 1. The van der Waals surface area contributed by atoms with Crippen LogP contribution in [0.3, 0.4) is 0 Å². The lowest BCUT2D eigenvalue weighted by Gasteiger charge is -2.28. The van der Waals surface area contributed by atoms with Crippen LogP contribution in [-0.2, 0) is 11.3 Å². The highest BCUT2D eigenvalue weighted by Crippen LogP contribution is 2.44. The van der Waals surface area contributed by atoms with Gasteiger partial charge in [-0.05, 0) is 58.0 Å². The standard InChI is InChI=1S/C27H28N6O2/c1-18-19(16-33-12-10-29-11-13-33)14-20(31-32-28)15-26(18)30-27(34)35-17-25-23-8-4-2-6-21(23)22-7-3-5-9-24(22)25/h2-9,14-15,25,29H,10-13,16-17H2,1H3,(H,30,34). The van der Waals surface area contributed by atoms with Crippen molar-refractivity contribution in [2.75, 3.05) is 38.1 Å². The Labute approximate surface area is 204 Å². The largest absolute Gasteiger partial charge is 0.448 e. The number of nitrogens with zero attached hydrogens (tertiary/aromatic N) is 4. The summed E-state index contributed by atoms with van der Waals surface area (Å²) in [5.74, 6) is -0.00737. The average Bonchev–Trinajstić information content (AvgIpc) is 3.20. The Balaban J connectivity index is 1.32. The van der Waals surface area contributed by atoms with E-state index in [1.165, 1.54) is 22.3 Å². The molecule has 3 aromatic carbocycles. The summed E-state index contributed by atoms with van der Waals surface area (Å²) < 4.78 is 5.72. The fraction of sp³-hybridized carbons (Fsp3) is 0.296. The van der Waals surface area contributed by atoms with E-state index in [0.29, 0.717) is 11.4 Å². The van der Waals surface area contributed by atoms with E-state index in [0.717, 1.165) is 43.9 Å². The number of carbonyl (C=O) groups excluding carboxylic acids is 1. The Morgan fingerprint density at radius 1 is 1.11 bits per heavy atom. The molecule has 1 amide bonds. The molecule has 8 nitrogen and oxygen atoms in total. The quantitative estimate of drug-likeness (QED) is 0.275. The average molecular weight is 469 g/mol. The maximum atomic E-state index is 12.9. The zero-order valence-electron chi connectivity index (χ0n) is 19.7. The topological polar surface area (TPSA) is 102 Å². The molecule has 0 radical (unpaired) electrons. The number of ether oxygens (including phenoxy) is 1. The smallest absolute Gasteiger partial charge is 0.411 e. The van der Waals surface area contributed by atoms with E-state index in [1.807, 2.05) is 37.3 Å². The maximum Gasteiger partial charge on any atom is 0.411 e. The number of rotatable bonds is 6. The van der Waals surface area contributed by atoms with Crippen LogP contribution in [-0.4, -0.2) is 43.8 Å². The molecule has 178 valence electrons. The molecule has 0 aromatic heterocycles. The van der Waals surface area contributed by atoms with Crippen LogP contribution >= 0.6 is 0 Å². The minimum absolute atomic E-state index is 0.00737. The molecule has 2 aliphatic rings. The number of hydrogen-bond donors (Lipinski definition) is 2. The summed E-state index contributed by atoms with van der Waals surface area (Å²) in [6, 6.07) is 20.1. The van der Waals surface area contributed by atoms with Gasteiger partial charge in [-0.1, -0.05) is 53.6 Å². The Kier molecular flexibility index (Phi) is 6.68. The minimum Gasteiger partial charge on any atom is -0.448 e. The number of amides is 1. The molecule has 1 fully saturated rings. The Morgan fingerprint density at radius 3 is 2.43 bits per heavy atom. The fourth-order valence-electron chi connectivity index (χ4n) is 5.02. The molecule has 2 N–H and O–H groups in total. The molecule has 0 spiro atoms. The van der Waals surface area contributed by atoms with Crippen molar-refractivity contribution in [3.05, 3.63) is 93.4 Å². The van der Waals surface area contributed by atoms with Crippen molar-refractivity contribution in [3.63, 3.8) is 0 Å². The van der Waals surface area contributed by atoms with Crippen LogP contribution in [0.4, 0.5) is 16.2 Å². The van der Waals surface area contributed by atoms with E-state index in [9.17, 15) is 4.79 Å². The van der Waals surface area contributed by atoms with E-state index in [-0.39, 0.29) is 12.5 Å². The lowest BCUT2D eigenvalue weighted by molar-refractivity contribution is 0.158. The van der Waals surface area contributed by atoms with Gasteiger partial charge in [-0.3, -0.25) is 10.2 Å². The van der Waals surface area contributed by atoms with E-state index in [4.69, 9.17) is 10.3 Å². The molecule has 0 saturated carbocycles. The van der Waals surface area contributed by atoms with Gasteiger partial charge in [0.15, 0.2) is 0 Å². The first-order valence-electron chi connectivity index (χ1n) is 11.9. The second-order valence-electron chi connectivity index (χ2n) is 8.94. The van der Waals surface area contributed by atoms with Gasteiger partial charge in [0.1, 0.15) is 6.61 Å². The minimum atomic E-state index is -0.527. The molecule has 1 aliphatic heterocycles. The van der Waals surface area contributed by atoms with Crippen LogP contribution < -0.4 is 10.6 Å². The van der Waals surface area contributed by atoms with Crippen LogP contribution in [0.2, 0.25) is 0 Å². The van der Waals surface area contributed by atoms with Gasteiger partial charge in [0.05, 0.1) is 0 Å². The zero-order chi connectivity index (χ0) is 24.2. The number of benzene rings is 3. The summed E-state index contributed by atoms with van der Waals surface area (Å²) in [7, 11) is 0. The number of nitrogens with one attached hydrogen (secondary N) is 2. The third kappa shape index (κ3) is 4.86. The first kappa shape index (κ1) is 22.9. The maximum absolute atomic E-state index is 12.9. The molecule has 0 unspecified atom stereocenters. The number of hydrogen-bond acceptors (Lipinski definition) is 5. The van der Waals surface area contributed by atoms with Gasteiger partial charge >= 0.3 is 6.09 Å². The Morgan fingerprint density at radius 2 is 1.77 bits per heavy atom. The summed E-state index contributed by atoms with van der Waals surface area (Å²) in [5.41, 5.74) is 16.7. The van der Waals surface area contributed by atoms with Crippen molar-refractivity contribution in [1.82, 2.24) is 10.2 Å². The highest BCUT2D eigenvalue weighted by molar-refractivity contribution is 5.87. The number of azide groups is 1. The van der Waals surface area contributed by atoms with Crippen molar-refractivity contribution >= 4 is 17.5 Å². The fourth-order valence-corrected chi connectivity index (χ4v) is 5.02. The SMILES string of the molecule is Cc1c(CN2CCNCC2)cc(N=[N+]=[N-])cc1NC(=O)OCC1c2ccccc2-c2ccccc21. The zero-order valence-corrected chi connectivity index (χ0v) is 19.7. The summed E-state index contributed by atoms with van der Waals surface area (Å²) in [6.07, 6.45) is -0.527. The highest BCUT2D eigenvalue weighted by atomic mass is 16.5. The van der Waals surface area contributed by atoms with Crippen LogP contribution in [0.5, 0.6) is 0 Å². The number of fused-ring (bicyclic) bond motifs is 3. The van der Waals surface area contributed by atoms with Gasteiger partial charge in [-0.15, -0.1) is 0 Å². The predicted octanol–water partition coefficient (Wildman–Crippen LogP) is 5.70. The third-order valence-electron chi connectivity index (χ3n) is 6.84. The first-order valence-corrected chi connectivity index (χ1v) is 11.9. The van der Waals surface area contributed by atoms with Crippen LogP contribution in [0.1, 0.15) is 28.2 Å². The van der Waals surface area contributed by atoms with E-state index < -0.39 is 6.09 Å². The molecular formula is C27H28N6O2. The van der Waals surface area contributed by atoms with Gasteiger partial charge < -0.3 is 10.1 Å². The van der Waals surface area contributed by atoms with Crippen LogP contribution in [0.15, 0.2) is 65.8 Å². The molecule has 8 heteroatoms. The van der Waals surface area contributed by atoms with Crippen LogP contribution in [0, 0.1) is 6.92 Å². The van der Waals surface area contributed by atoms with E-state index >= 15 is 0 Å². The van der Waals surface area contributed by atoms with E-state index in [2.05, 4.69) is 49.8 Å². The van der Waals surface area contributed by atoms with Gasteiger partial charge in [0, 0.05) is 54.9 Å². The van der Waals surface area contributed by atoms with E-state index in [1.54, 1.807) is 6.07 Å². The summed E-state index contributed by atoms with van der Waals surface area (Å²) in [5, 5.41) is 10.0. The van der Waals surface area contributed by atoms with Crippen molar-refractivity contribution < 1.29 is 9.53 Å². The predicted molar refractivity (Wildman–Crippen MR) is 137 cm³/mol. The lowest BCUT2D eigenvalue weighted by Crippen LogP contribution is -2.43. The lowest BCUT2D eigenvalue weighted by atomic mass is 9.98. The molecule has 1 saturated heterocycles. The molecule has 1 heterocycles. The normalized spacial score (nSPS) is 15.1. The summed E-state index contributed by atoms with van der Waals surface area (Å²) in [4.78, 5) is 18.1. The molecular weight excluding hydrogens is 440 g/mol. The molecule has 3 aromatic rings. The molecule has 0 bridgehead atoms. The van der Waals surface area contributed by atoms with Gasteiger partial charge in [-0.2, -0.15) is 0 Å². The van der Waals surface area contributed by atoms with Crippen LogP contribution in [0.25, 0.3) is 21.6 Å². The van der Waals surface area contributed by atoms with Crippen molar-refractivity contribution in [3.8, 4) is 11.1 Å². The van der Waals surface area contributed by atoms with Crippen molar-refractivity contribution in [2.45, 2.75) is 19.4 Å². The molecule has 35 heavy (non-hydrogen) atoms. The highest BCUT2D eigenvalue weighted by Gasteiger charge is 2.29. The summed E-state index contributed by atoms with van der Waals surface area (Å²) >= 11 is 0. The monoisotopic (exact) mass is 468 g/mol. The third-order valence-corrected chi connectivity index (χ3v) is 6.84.